The largest absolute Gasteiger partial charge is 0.494 e. The summed E-state index contributed by atoms with van der Waals surface area (Å²) in [5.41, 5.74) is 5.45. The molecule has 0 bridgehead atoms. The molecular weight excluding hydrogens is 296 g/mol. The molecule has 0 fully saturated rings. The first-order chi connectivity index (χ1) is 9.74. The highest BCUT2D eigenvalue weighted by Gasteiger charge is 2.03. The predicted molar refractivity (Wildman–Crippen MR) is 84.2 cm³/mol. The number of non-ortho nitro benzene ring substituents is 1. The Hall–Kier alpha value is -1.37. The lowest BCUT2D eigenvalue weighted by atomic mass is 10.3. The molecule has 0 atom stereocenters. The summed E-state index contributed by atoms with van der Waals surface area (Å²) in [6, 6.07) is 6.11. The maximum atomic E-state index is 10.5. The molecule has 1 aromatic rings. The van der Waals surface area contributed by atoms with Gasteiger partial charge >= 0.3 is 0 Å². The minimum Gasteiger partial charge on any atom is -0.494 e. The second-order valence-corrected chi connectivity index (χ2v) is 4.41. The number of nitrogens with two attached hydrogens (primary N) is 1. The molecule has 21 heavy (non-hydrogen) atoms. The number of nitrogens with zero attached hydrogens (tertiary/aromatic N) is 1. The molecular formula is C14H23ClN2O4. The van der Waals surface area contributed by atoms with Gasteiger partial charge in [-0.1, -0.05) is 0 Å². The number of ether oxygens (including phenoxy) is 2. The molecule has 0 spiro atoms. The number of nitro groups is 1. The predicted octanol–water partition coefficient (Wildman–Crippen LogP) is 2.93. The minimum atomic E-state index is -0.425. The Morgan fingerprint density at radius 2 is 1.57 bits per heavy atom. The average Bonchev–Trinajstić information content (AvgIpc) is 2.46. The van der Waals surface area contributed by atoms with Crippen molar-refractivity contribution in [3.05, 3.63) is 34.4 Å². The van der Waals surface area contributed by atoms with Crippen LogP contribution < -0.4 is 10.5 Å². The van der Waals surface area contributed by atoms with Crippen molar-refractivity contribution >= 4 is 18.1 Å². The van der Waals surface area contributed by atoms with Crippen LogP contribution in [0.15, 0.2) is 24.3 Å². The van der Waals surface area contributed by atoms with Crippen LogP contribution in [0.25, 0.3) is 0 Å². The molecule has 0 heterocycles. The van der Waals surface area contributed by atoms with Gasteiger partial charge in [-0.15, -0.1) is 12.4 Å². The number of hydrogen-bond donors (Lipinski definition) is 1. The standard InChI is InChI=1S/C14H22N2O4.ClH/c15-9-1-2-10-19-11-3-4-12-20-14-7-5-13(6-8-14)16(17)18;/h5-8H,1-4,9-12,15H2;1H. The summed E-state index contributed by atoms with van der Waals surface area (Å²) < 4.78 is 10.9. The van der Waals surface area contributed by atoms with E-state index in [-0.39, 0.29) is 18.1 Å². The number of halogens is 1. The first-order valence-electron chi connectivity index (χ1n) is 6.89. The molecule has 2 N–H and O–H groups in total. The fourth-order valence-electron chi connectivity index (χ4n) is 1.61. The summed E-state index contributed by atoms with van der Waals surface area (Å²) in [5.74, 6) is 0.652. The van der Waals surface area contributed by atoms with Gasteiger partial charge in [-0.3, -0.25) is 10.1 Å². The zero-order chi connectivity index (χ0) is 14.6. The number of rotatable bonds is 11. The maximum Gasteiger partial charge on any atom is 0.269 e. The normalized spacial score (nSPS) is 9.95. The van der Waals surface area contributed by atoms with Crippen molar-refractivity contribution in [3.63, 3.8) is 0 Å². The van der Waals surface area contributed by atoms with Gasteiger partial charge in [-0.05, 0) is 44.4 Å². The van der Waals surface area contributed by atoms with Crippen molar-refractivity contribution in [1.29, 1.82) is 0 Å². The second-order valence-electron chi connectivity index (χ2n) is 4.41. The lowest BCUT2D eigenvalue weighted by molar-refractivity contribution is -0.384. The molecule has 0 saturated heterocycles. The van der Waals surface area contributed by atoms with Crippen LogP contribution in [0.1, 0.15) is 25.7 Å². The summed E-state index contributed by atoms with van der Waals surface area (Å²) >= 11 is 0. The summed E-state index contributed by atoms with van der Waals surface area (Å²) in [7, 11) is 0. The second kappa shape index (κ2) is 12.4. The van der Waals surface area contributed by atoms with Gasteiger partial charge in [0.1, 0.15) is 5.75 Å². The van der Waals surface area contributed by atoms with E-state index in [9.17, 15) is 10.1 Å². The smallest absolute Gasteiger partial charge is 0.269 e. The van der Waals surface area contributed by atoms with Crippen molar-refractivity contribution in [1.82, 2.24) is 0 Å². The molecule has 0 saturated carbocycles. The molecule has 1 rings (SSSR count). The third-order valence-electron chi connectivity index (χ3n) is 2.74. The highest BCUT2D eigenvalue weighted by molar-refractivity contribution is 5.85. The van der Waals surface area contributed by atoms with Crippen LogP contribution in [0.2, 0.25) is 0 Å². The fraction of sp³-hybridized carbons (Fsp3) is 0.571. The average molecular weight is 319 g/mol. The van der Waals surface area contributed by atoms with Crippen LogP contribution in [0, 0.1) is 10.1 Å². The zero-order valence-electron chi connectivity index (χ0n) is 12.0. The fourth-order valence-corrected chi connectivity index (χ4v) is 1.61. The van der Waals surface area contributed by atoms with E-state index < -0.39 is 4.92 Å². The summed E-state index contributed by atoms with van der Waals surface area (Å²) in [5, 5.41) is 10.5. The SMILES string of the molecule is Cl.NCCCCOCCCCOc1ccc([N+](=O)[O-])cc1. The van der Waals surface area contributed by atoms with Gasteiger partial charge in [-0.25, -0.2) is 0 Å². The molecule has 1 aromatic carbocycles. The molecule has 6 nitrogen and oxygen atoms in total. The Bertz CT molecular complexity index is 387. The van der Waals surface area contributed by atoms with E-state index in [0.29, 0.717) is 18.9 Å². The van der Waals surface area contributed by atoms with E-state index in [2.05, 4.69) is 0 Å². The van der Waals surface area contributed by atoms with Gasteiger partial charge in [0.2, 0.25) is 0 Å². The highest BCUT2D eigenvalue weighted by atomic mass is 35.5. The Morgan fingerprint density at radius 1 is 1.00 bits per heavy atom. The molecule has 0 aliphatic carbocycles. The topological polar surface area (TPSA) is 87.6 Å². The van der Waals surface area contributed by atoms with Gasteiger partial charge < -0.3 is 15.2 Å². The van der Waals surface area contributed by atoms with Crippen LogP contribution in [-0.4, -0.2) is 31.3 Å². The van der Waals surface area contributed by atoms with E-state index in [4.69, 9.17) is 15.2 Å². The van der Waals surface area contributed by atoms with Crippen LogP contribution >= 0.6 is 12.4 Å². The number of unbranched alkanes of at least 4 members (excludes halogenated alkanes) is 2. The van der Waals surface area contributed by atoms with E-state index >= 15 is 0 Å². The lowest BCUT2D eigenvalue weighted by Gasteiger charge is -2.06. The minimum absolute atomic E-state index is 0. The quantitative estimate of drug-likeness (QED) is 0.385. The van der Waals surface area contributed by atoms with Crippen LogP contribution in [-0.2, 0) is 4.74 Å². The van der Waals surface area contributed by atoms with E-state index in [1.54, 1.807) is 12.1 Å². The molecule has 7 heteroatoms. The van der Waals surface area contributed by atoms with Crippen molar-refractivity contribution < 1.29 is 14.4 Å². The van der Waals surface area contributed by atoms with Crippen molar-refractivity contribution in [2.24, 2.45) is 5.73 Å². The Labute approximate surface area is 131 Å². The van der Waals surface area contributed by atoms with Gasteiger partial charge in [0.05, 0.1) is 11.5 Å². The first kappa shape index (κ1) is 19.6. The van der Waals surface area contributed by atoms with Gasteiger partial charge in [0.15, 0.2) is 0 Å². The Kier molecular flexibility index (Phi) is 11.6. The van der Waals surface area contributed by atoms with Crippen LogP contribution in [0.3, 0.4) is 0 Å². The van der Waals surface area contributed by atoms with Crippen molar-refractivity contribution in [3.8, 4) is 5.75 Å². The van der Waals surface area contributed by atoms with Gasteiger partial charge in [0.25, 0.3) is 5.69 Å². The third-order valence-corrected chi connectivity index (χ3v) is 2.74. The molecule has 0 unspecified atom stereocenters. The third kappa shape index (κ3) is 9.23. The summed E-state index contributed by atoms with van der Waals surface area (Å²) in [6.45, 7) is 2.80. The molecule has 0 aliphatic heterocycles. The summed E-state index contributed by atoms with van der Waals surface area (Å²) in [6.07, 6.45) is 3.85. The summed E-state index contributed by atoms with van der Waals surface area (Å²) in [4.78, 5) is 10.1. The number of benzene rings is 1. The molecule has 0 radical (unpaired) electrons. The number of hydrogen-bond acceptors (Lipinski definition) is 5. The first-order valence-corrected chi connectivity index (χ1v) is 6.89. The maximum absolute atomic E-state index is 10.5. The van der Waals surface area contributed by atoms with Crippen molar-refractivity contribution in [2.75, 3.05) is 26.4 Å². The van der Waals surface area contributed by atoms with Gasteiger partial charge in [-0.2, -0.15) is 0 Å². The molecule has 0 amide bonds. The zero-order valence-corrected chi connectivity index (χ0v) is 12.8. The van der Waals surface area contributed by atoms with E-state index in [1.807, 2.05) is 0 Å². The monoisotopic (exact) mass is 318 g/mol. The van der Waals surface area contributed by atoms with Crippen LogP contribution in [0.5, 0.6) is 5.75 Å². The van der Waals surface area contributed by atoms with Crippen LogP contribution in [0.4, 0.5) is 5.69 Å². The lowest BCUT2D eigenvalue weighted by Crippen LogP contribution is -2.04. The van der Waals surface area contributed by atoms with E-state index in [1.165, 1.54) is 12.1 Å². The molecule has 120 valence electrons. The van der Waals surface area contributed by atoms with E-state index in [0.717, 1.165) is 38.9 Å². The number of nitro benzene ring substituents is 1. The Morgan fingerprint density at radius 3 is 2.14 bits per heavy atom. The molecule has 0 aliphatic rings. The highest BCUT2D eigenvalue weighted by Crippen LogP contribution is 2.17. The Balaban J connectivity index is 0.00000400. The van der Waals surface area contributed by atoms with Gasteiger partial charge in [0, 0.05) is 25.3 Å². The molecule has 0 aromatic heterocycles. The van der Waals surface area contributed by atoms with Crippen molar-refractivity contribution in [2.45, 2.75) is 25.7 Å².